The second-order valence-electron chi connectivity index (χ2n) is 6.63. The van der Waals surface area contributed by atoms with Crippen molar-refractivity contribution >= 4 is 76.1 Å². The summed E-state index contributed by atoms with van der Waals surface area (Å²) in [5.74, 6) is 0.346. The molecule has 1 aliphatic carbocycles. The Morgan fingerprint density at radius 2 is 1.11 bits per heavy atom. The van der Waals surface area contributed by atoms with Gasteiger partial charge in [-0.05, 0) is 69.0 Å². The minimum Gasteiger partial charge on any atom is -0.506 e. The van der Waals surface area contributed by atoms with E-state index < -0.39 is 0 Å². The lowest BCUT2D eigenvalue weighted by Crippen LogP contribution is -2.27. The highest BCUT2D eigenvalue weighted by Gasteiger charge is 2.23. The van der Waals surface area contributed by atoms with Gasteiger partial charge in [0.2, 0.25) is 0 Å². The number of nitrogens with zero attached hydrogens (tertiary/aromatic N) is 2. The van der Waals surface area contributed by atoms with Crippen molar-refractivity contribution in [3.63, 3.8) is 0 Å². The van der Waals surface area contributed by atoms with Crippen LogP contribution in [0.4, 0.5) is 0 Å². The highest BCUT2D eigenvalue weighted by molar-refractivity contribution is 9.11. The van der Waals surface area contributed by atoms with Crippen LogP contribution in [0.3, 0.4) is 0 Å². The molecule has 0 aromatic heterocycles. The summed E-state index contributed by atoms with van der Waals surface area (Å²) in [6.45, 7) is 0. The summed E-state index contributed by atoms with van der Waals surface area (Å²) in [5.41, 5.74) is 1.31. The van der Waals surface area contributed by atoms with Gasteiger partial charge < -0.3 is 10.2 Å². The Kier molecular flexibility index (Phi) is 7.75. The maximum atomic E-state index is 10.2. The summed E-state index contributed by atoms with van der Waals surface area (Å²) < 4.78 is 2.98. The average molecular weight is 638 g/mol. The molecule has 2 aromatic carbocycles. The first kappa shape index (κ1) is 22.0. The van der Waals surface area contributed by atoms with Crippen molar-refractivity contribution < 1.29 is 10.2 Å². The van der Waals surface area contributed by atoms with Crippen molar-refractivity contribution in [3.8, 4) is 11.5 Å². The first-order valence-electron chi connectivity index (χ1n) is 8.77. The third kappa shape index (κ3) is 5.46. The zero-order valence-electron chi connectivity index (χ0n) is 14.7. The molecule has 8 heteroatoms. The molecule has 0 unspecified atom stereocenters. The minimum absolute atomic E-state index is 0.0416. The van der Waals surface area contributed by atoms with Crippen LogP contribution in [0.1, 0.15) is 36.8 Å². The maximum absolute atomic E-state index is 10.2. The van der Waals surface area contributed by atoms with E-state index in [1.165, 1.54) is 0 Å². The van der Waals surface area contributed by atoms with Crippen molar-refractivity contribution in [2.75, 3.05) is 0 Å². The number of phenolic OH excluding ortho intramolecular Hbond substituents is 2. The lowest BCUT2D eigenvalue weighted by atomic mass is 9.91. The molecule has 28 heavy (non-hydrogen) atoms. The number of halogens is 4. The summed E-state index contributed by atoms with van der Waals surface area (Å²) in [5, 5.41) is 20.5. The molecule has 2 N–H and O–H groups in total. The Hall–Kier alpha value is -0.700. The maximum Gasteiger partial charge on any atom is 0.138 e. The van der Waals surface area contributed by atoms with Gasteiger partial charge in [0, 0.05) is 32.5 Å². The largest absolute Gasteiger partial charge is 0.506 e. The Morgan fingerprint density at radius 3 is 1.50 bits per heavy atom. The molecule has 0 aliphatic heterocycles. The van der Waals surface area contributed by atoms with Gasteiger partial charge in [0.1, 0.15) is 11.5 Å². The molecule has 4 nitrogen and oxygen atoms in total. The van der Waals surface area contributed by atoms with E-state index in [1.54, 1.807) is 24.6 Å². The first-order valence-corrected chi connectivity index (χ1v) is 11.9. The van der Waals surface area contributed by atoms with E-state index in [4.69, 9.17) is 9.98 Å². The van der Waals surface area contributed by atoms with Crippen LogP contribution in [0.2, 0.25) is 0 Å². The van der Waals surface area contributed by atoms with E-state index in [1.807, 2.05) is 12.1 Å². The van der Waals surface area contributed by atoms with Crippen LogP contribution < -0.4 is 0 Å². The zero-order valence-corrected chi connectivity index (χ0v) is 21.1. The van der Waals surface area contributed by atoms with Crippen LogP contribution in [0.25, 0.3) is 0 Å². The van der Waals surface area contributed by atoms with Gasteiger partial charge in [-0.2, -0.15) is 0 Å². The third-order valence-corrected chi connectivity index (χ3v) is 6.74. The highest BCUT2D eigenvalue weighted by atomic mass is 79.9. The number of aromatic hydroxyl groups is 2. The number of phenols is 2. The summed E-state index contributed by atoms with van der Waals surface area (Å²) in [4.78, 5) is 9.45. The topological polar surface area (TPSA) is 65.2 Å². The molecule has 0 spiro atoms. The molecular formula is C20H18Br4N2O2. The van der Waals surface area contributed by atoms with E-state index in [-0.39, 0.29) is 23.6 Å². The fourth-order valence-electron chi connectivity index (χ4n) is 3.16. The van der Waals surface area contributed by atoms with Crippen molar-refractivity contribution in [3.05, 3.63) is 53.3 Å². The smallest absolute Gasteiger partial charge is 0.138 e. The molecule has 2 aromatic rings. The van der Waals surface area contributed by atoms with Gasteiger partial charge in [-0.1, -0.05) is 44.7 Å². The number of rotatable bonds is 4. The average Bonchev–Trinajstić information content (AvgIpc) is 2.65. The molecule has 0 saturated heterocycles. The van der Waals surface area contributed by atoms with Gasteiger partial charge in [-0.3, -0.25) is 9.98 Å². The zero-order chi connectivity index (χ0) is 20.3. The van der Waals surface area contributed by atoms with Crippen LogP contribution in [-0.4, -0.2) is 34.7 Å². The fourth-order valence-corrected chi connectivity index (χ4v) is 5.68. The standard InChI is InChI=1S/C20H18Br4N2O2/c21-13-5-11(19(27)15(23)7-13)9-25-17-3-1-2-4-18(17)26-10-12-6-14(22)8-16(24)20(12)28/h5-10,17-18,27-28H,1-4H2/t17-,18-/m1/s1. The Balaban J connectivity index is 1.82. The predicted octanol–water partition coefficient (Wildman–Crippen LogP) is 7.00. The summed E-state index contributed by atoms with van der Waals surface area (Å²) in [6.07, 6.45) is 7.55. The number of hydrogen-bond acceptors (Lipinski definition) is 4. The van der Waals surface area contributed by atoms with Gasteiger partial charge in [-0.25, -0.2) is 0 Å². The molecular weight excluding hydrogens is 620 g/mol. The Labute approximate surface area is 197 Å². The predicted molar refractivity (Wildman–Crippen MR) is 128 cm³/mol. The van der Waals surface area contributed by atoms with Crippen LogP contribution >= 0.6 is 63.7 Å². The lowest BCUT2D eigenvalue weighted by Gasteiger charge is -2.25. The van der Waals surface area contributed by atoms with Crippen LogP contribution in [-0.2, 0) is 0 Å². The highest BCUT2D eigenvalue weighted by Crippen LogP contribution is 2.33. The molecule has 0 bridgehead atoms. The monoisotopic (exact) mass is 634 g/mol. The Bertz CT molecular complexity index is 855. The molecule has 0 amide bonds. The number of hydrogen-bond donors (Lipinski definition) is 2. The molecule has 0 radical (unpaired) electrons. The van der Waals surface area contributed by atoms with E-state index in [9.17, 15) is 10.2 Å². The van der Waals surface area contributed by atoms with Gasteiger partial charge in [0.15, 0.2) is 0 Å². The van der Waals surface area contributed by atoms with E-state index in [2.05, 4.69) is 63.7 Å². The van der Waals surface area contributed by atoms with Gasteiger partial charge in [0.25, 0.3) is 0 Å². The van der Waals surface area contributed by atoms with E-state index >= 15 is 0 Å². The van der Waals surface area contributed by atoms with Gasteiger partial charge in [-0.15, -0.1) is 0 Å². The minimum atomic E-state index is 0.0416. The van der Waals surface area contributed by atoms with E-state index in [0.717, 1.165) is 34.6 Å². The van der Waals surface area contributed by atoms with Gasteiger partial charge >= 0.3 is 0 Å². The molecule has 1 saturated carbocycles. The van der Waals surface area contributed by atoms with Crippen LogP contribution in [0.15, 0.2) is 52.1 Å². The number of benzene rings is 2. The van der Waals surface area contributed by atoms with Crippen molar-refractivity contribution in [1.82, 2.24) is 0 Å². The molecule has 1 fully saturated rings. The summed E-state index contributed by atoms with van der Waals surface area (Å²) >= 11 is 13.6. The van der Waals surface area contributed by atoms with Crippen molar-refractivity contribution in [2.45, 2.75) is 37.8 Å². The van der Waals surface area contributed by atoms with Crippen molar-refractivity contribution in [2.24, 2.45) is 9.98 Å². The molecule has 1 aliphatic rings. The van der Waals surface area contributed by atoms with Crippen LogP contribution in [0.5, 0.6) is 11.5 Å². The van der Waals surface area contributed by atoms with E-state index in [0.29, 0.717) is 20.1 Å². The molecule has 148 valence electrons. The fraction of sp³-hybridized carbons (Fsp3) is 0.300. The second kappa shape index (κ2) is 9.87. The first-order chi connectivity index (χ1) is 13.3. The van der Waals surface area contributed by atoms with Gasteiger partial charge in [0.05, 0.1) is 21.0 Å². The summed E-state index contributed by atoms with van der Waals surface area (Å²) in [6, 6.07) is 7.34. The van der Waals surface area contributed by atoms with Crippen LogP contribution in [0, 0.1) is 0 Å². The second-order valence-corrected chi connectivity index (χ2v) is 10.2. The normalized spacial score (nSPS) is 20.3. The SMILES string of the molecule is Oc1c(Br)cc(Br)cc1C=N[C@@H]1CCCC[C@H]1N=Cc1cc(Br)cc(Br)c1O. The quantitative estimate of drug-likeness (QED) is 0.355. The molecule has 0 heterocycles. The third-order valence-electron chi connectivity index (χ3n) is 4.62. The molecule has 3 rings (SSSR count). The van der Waals surface area contributed by atoms with Crippen molar-refractivity contribution in [1.29, 1.82) is 0 Å². The molecule has 2 atom stereocenters. The number of aliphatic imine (C=N–C) groups is 2. The lowest BCUT2D eigenvalue weighted by molar-refractivity contribution is 0.390. The Morgan fingerprint density at radius 1 is 0.714 bits per heavy atom. The summed E-state index contributed by atoms with van der Waals surface area (Å²) in [7, 11) is 0.